The molecule has 0 spiro atoms. The molecule has 1 heterocycles. The second kappa shape index (κ2) is 2.61. The number of hydrogen-bond acceptors (Lipinski definition) is 2. The van der Waals surface area contributed by atoms with Crippen LogP contribution in [0, 0.1) is 5.41 Å². The summed E-state index contributed by atoms with van der Waals surface area (Å²) in [4.78, 5) is 0. The summed E-state index contributed by atoms with van der Waals surface area (Å²) in [5, 5.41) is 10.4. The quantitative estimate of drug-likeness (QED) is 0.824. The third-order valence-corrected chi connectivity index (χ3v) is 3.85. The van der Waals surface area contributed by atoms with Crippen LogP contribution in [-0.4, -0.2) is 5.11 Å². The fraction of sp³-hybridized carbons (Fsp3) is 0.600. The first kappa shape index (κ1) is 9.28. The molecule has 3 heteroatoms. The van der Waals surface area contributed by atoms with Crippen LogP contribution in [0.5, 0.6) is 0 Å². The molecule has 1 aromatic heterocycles. The zero-order valence-corrected chi connectivity index (χ0v) is 9.39. The minimum absolute atomic E-state index is 0.0760. The fourth-order valence-corrected chi connectivity index (χ4v) is 2.40. The average Bonchev–Trinajstić information content (AvgIpc) is 2.48. The van der Waals surface area contributed by atoms with Crippen LogP contribution in [0.1, 0.15) is 32.4 Å². The molecule has 1 aromatic rings. The predicted octanol–water partition coefficient (Wildman–Crippen LogP) is 3.05. The van der Waals surface area contributed by atoms with Gasteiger partial charge in [0.2, 0.25) is 0 Å². The number of halogens is 1. The van der Waals surface area contributed by atoms with Crippen molar-refractivity contribution in [2.45, 2.75) is 32.3 Å². The minimum Gasteiger partial charge on any atom is -0.465 e. The zero-order valence-electron chi connectivity index (χ0n) is 7.80. The Morgan fingerprint density at radius 1 is 1.46 bits per heavy atom. The van der Waals surface area contributed by atoms with Crippen molar-refractivity contribution >= 4 is 15.9 Å². The molecule has 0 saturated heterocycles. The van der Waals surface area contributed by atoms with E-state index in [1.165, 1.54) is 0 Å². The van der Waals surface area contributed by atoms with Gasteiger partial charge in [0.1, 0.15) is 11.4 Å². The number of rotatable bonds is 1. The Hall–Kier alpha value is -0.280. The highest BCUT2D eigenvalue weighted by Gasteiger charge is 2.55. The topological polar surface area (TPSA) is 33.4 Å². The van der Waals surface area contributed by atoms with Crippen molar-refractivity contribution < 1.29 is 9.52 Å². The summed E-state index contributed by atoms with van der Waals surface area (Å²) >= 11 is 3.37. The molecule has 0 bridgehead atoms. The Bertz CT molecular complexity index is 329. The molecular weight excluding hydrogens is 232 g/mol. The number of hydrogen-bond donors (Lipinski definition) is 1. The Morgan fingerprint density at radius 2 is 2.15 bits per heavy atom. The molecule has 72 valence electrons. The summed E-state index contributed by atoms with van der Waals surface area (Å²) in [5.41, 5.74) is -0.858. The van der Waals surface area contributed by atoms with E-state index in [-0.39, 0.29) is 5.41 Å². The van der Waals surface area contributed by atoms with Crippen molar-refractivity contribution in [3.05, 3.63) is 22.6 Å². The van der Waals surface area contributed by atoms with Crippen LogP contribution in [0.25, 0.3) is 0 Å². The lowest BCUT2D eigenvalue weighted by atomic mass is 9.58. The molecule has 0 radical (unpaired) electrons. The Kier molecular flexibility index (Phi) is 1.86. The molecule has 1 aliphatic carbocycles. The molecule has 1 saturated carbocycles. The minimum atomic E-state index is -0.782. The molecule has 1 unspecified atom stereocenters. The van der Waals surface area contributed by atoms with Gasteiger partial charge in [-0.3, -0.25) is 0 Å². The fourth-order valence-electron chi connectivity index (χ4n) is 1.87. The Balaban J connectivity index is 2.42. The van der Waals surface area contributed by atoms with Crippen LogP contribution in [0.4, 0.5) is 0 Å². The van der Waals surface area contributed by atoms with Gasteiger partial charge in [0.25, 0.3) is 0 Å². The molecule has 0 aromatic carbocycles. The molecule has 1 N–H and O–H groups in total. The van der Waals surface area contributed by atoms with Crippen LogP contribution in [0.2, 0.25) is 0 Å². The van der Waals surface area contributed by atoms with Gasteiger partial charge in [-0.05, 0) is 34.8 Å². The SMILES string of the molecule is CC1(C)CCC1(O)c1occc1Br. The number of aliphatic hydroxyl groups is 1. The van der Waals surface area contributed by atoms with Crippen molar-refractivity contribution in [1.29, 1.82) is 0 Å². The number of furan rings is 1. The molecule has 0 aliphatic heterocycles. The zero-order chi connectivity index (χ0) is 9.69. The van der Waals surface area contributed by atoms with Gasteiger partial charge in [-0.15, -0.1) is 0 Å². The average molecular weight is 245 g/mol. The van der Waals surface area contributed by atoms with Crippen molar-refractivity contribution in [2.24, 2.45) is 5.41 Å². The van der Waals surface area contributed by atoms with Crippen LogP contribution in [-0.2, 0) is 5.60 Å². The largest absolute Gasteiger partial charge is 0.465 e. The lowest BCUT2D eigenvalue weighted by Gasteiger charge is -2.51. The van der Waals surface area contributed by atoms with Gasteiger partial charge in [0, 0.05) is 5.41 Å². The molecule has 1 atom stereocenters. The smallest absolute Gasteiger partial charge is 0.150 e. The lowest BCUT2D eigenvalue weighted by Crippen LogP contribution is -2.50. The van der Waals surface area contributed by atoms with E-state index in [0.29, 0.717) is 5.76 Å². The maximum atomic E-state index is 10.4. The Labute approximate surface area is 86.1 Å². The third-order valence-electron chi connectivity index (χ3n) is 3.22. The van der Waals surface area contributed by atoms with Gasteiger partial charge in [-0.2, -0.15) is 0 Å². The second-order valence-electron chi connectivity index (χ2n) is 4.34. The van der Waals surface area contributed by atoms with E-state index in [0.717, 1.165) is 17.3 Å². The van der Waals surface area contributed by atoms with E-state index >= 15 is 0 Å². The second-order valence-corrected chi connectivity index (χ2v) is 5.20. The van der Waals surface area contributed by atoms with Gasteiger partial charge in [0.05, 0.1) is 10.7 Å². The Morgan fingerprint density at radius 3 is 2.46 bits per heavy atom. The molecule has 1 aliphatic rings. The van der Waals surface area contributed by atoms with Crippen LogP contribution < -0.4 is 0 Å². The summed E-state index contributed by atoms with van der Waals surface area (Å²) in [6.07, 6.45) is 3.43. The van der Waals surface area contributed by atoms with Crippen LogP contribution >= 0.6 is 15.9 Å². The van der Waals surface area contributed by atoms with E-state index in [4.69, 9.17) is 4.42 Å². The molecule has 1 fully saturated rings. The maximum Gasteiger partial charge on any atom is 0.150 e. The summed E-state index contributed by atoms with van der Waals surface area (Å²) in [5.74, 6) is 0.670. The monoisotopic (exact) mass is 244 g/mol. The summed E-state index contributed by atoms with van der Waals surface area (Å²) in [7, 11) is 0. The highest BCUT2D eigenvalue weighted by molar-refractivity contribution is 9.10. The van der Waals surface area contributed by atoms with E-state index in [2.05, 4.69) is 29.8 Å². The van der Waals surface area contributed by atoms with Gasteiger partial charge in [0.15, 0.2) is 0 Å². The van der Waals surface area contributed by atoms with Crippen LogP contribution in [0.15, 0.2) is 21.2 Å². The van der Waals surface area contributed by atoms with Gasteiger partial charge >= 0.3 is 0 Å². The van der Waals surface area contributed by atoms with Gasteiger partial charge < -0.3 is 9.52 Å². The first-order valence-corrected chi connectivity index (χ1v) is 5.22. The van der Waals surface area contributed by atoms with E-state index in [1.807, 2.05) is 6.07 Å². The van der Waals surface area contributed by atoms with Crippen molar-refractivity contribution in [3.63, 3.8) is 0 Å². The predicted molar refractivity (Wildman–Crippen MR) is 53.3 cm³/mol. The highest BCUT2D eigenvalue weighted by Crippen LogP contribution is 2.57. The first-order chi connectivity index (χ1) is 5.97. The van der Waals surface area contributed by atoms with Crippen molar-refractivity contribution in [1.82, 2.24) is 0 Å². The molecule has 0 amide bonds. The molecular formula is C10H13BrO2. The van der Waals surface area contributed by atoms with Gasteiger partial charge in [-0.25, -0.2) is 0 Å². The van der Waals surface area contributed by atoms with Crippen molar-refractivity contribution in [2.75, 3.05) is 0 Å². The van der Waals surface area contributed by atoms with E-state index < -0.39 is 5.60 Å². The van der Waals surface area contributed by atoms with Crippen molar-refractivity contribution in [3.8, 4) is 0 Å². The standard InChI is InChI=1S/C10H13BrO2/c1-9(2)4-5-10(9,12)8-7(11)3-6-13-8/h3,6,12H,4-5H2,1-2H3. The summed E-state index contributed by atoms with van der Waals surface area (Å²) < 4.78 is 6.17. The third kappa shape index (κ3) is 1.10. The van der Waals surface area contributed by atoms with E-state index in [9.17, 15) is 5.11 Å². The first-order valence-electron chi connectivity index (χ1n) is 4.43. The summed E-state index contributed by atoms with van der Waals surface area (Å²) in [6.45, 7) is 4.12. The van der Waals surface area contributed by atoms with E-state index in [1.54, 1.807) is 6.26 Å². The van der Waals surface area contributed by atoms with Gasteiger partial charge in [-0.1, -0.05) is 13.8 Å². The molecule has 2 nitrogen and oxygen atoms in total. The summed E-state index contributed by atoms with van der Waals surface area (Å²) in [6, 6.07) is 1.82. The normalized spacial score (nSPS) is 31.4. The molecule has 2 rings (SSSR count). The lowest BCUT2D eigenvalue weighted by molar-refractivity contribution is -0.168. The maximum absolute atomic E-state index is 10.4. The van der Waals surface area contributed by atoms with Crippen LogP contribution in [0.3, 0.4) is 0 Å². The highest BCUT2D eigenvalue weighted by atomic mass is 79.9. The molecule has 13 heavy (non-hydrogen) atoms.